The largest absolute Gasteiger partial charge is 0.317 e. The fraction of sp³-hybridized carbons (Fsp3) is 1.00. The van der Waals surface area contributed by atoms with Crippen molar-refractivity contribution in [3.05, 3.63) is 0 Å². The first-order chi connectivity index (χ1) is 3.00. The van der Waals surface area contributed by atoms with Crippen LogP contribution in [-0.2, 0) is 17.1 Å². The second-order valence-electron chi connectivity index (χ2n) is 1.81. The maximum atomic E-state index is 3.28. The first kappa shape index (κ1) is 7.48. The van der Waals surface area contributed by atoms with Crippen molar-refractivity contribution in [1.29, 1.82) is 0 Å². The van der Waals surface area contributed by atoms with E-state index in [1.165, 1.54) is 32.4 Å². The van der Waals surface area contributed by atoms with Gasteiger partial charge in [0.25, 0.3) is 0 Å². The Bertz CT molecular complexity index is 23.6. The maximum absolute atomic E-state index is 3.28. The van der Waals surface area contributed by atoms with Crippen LogP contribution in [0.3, 0.4) is 0 Å². The van der Waals surface area contributed by atoms with Crippen LogP contribution >= 0.6 is 0 Å². The molecule has 1 fully saturated rings. The number of rotatable bonds is 0. The van der Waals surface area contributed by atoms with E-state index in [0.29, 0.717) is 0 Å². The van der Waals surface area contributed by atoms with Crippen LogP contribution in [0.2, 0.25) is 0 Å². The molecule has 1 aliphatic heterocycles. The summed E-state index contributed by atoms with van der Waals surface area (Å²) in [6.45, 7) is 2.50. The number of hydrogen-bond acceptors (Lipinski definition) is 1. The van der Waals surface area contributed by atoms with Crippen molar-refractivity contribution in [3.8, 4) is 0 Å². The molecule has 0 amide bonds. The normalized spacial score (nSPS) is 20.6. The minimum absolute atomic E-state index is 0. The Hall–Kier alpha value is 0.479. The van der Waals surface area contributed by atoms with Gasteiger partial charge >= 0.3 is 0 Å². The van der Waals surface area contributed by atoms with E-state index in [9.17, 15) is 0 Å². The van der Waals surface area contributed by atoms with Gasteiger partial charge in [0.05, 0.1) is 0 Å². The van der Waals surface area contributed by atoms with Crippen LogP contribution < -0.4 is 5.32 Å². The van der Waals surface area contributed by atoms with Gasteiger partial charge in [0, 0.05) is 17.1 Å². The predicted molar refractivity (Wildman–Crippen MR) is 26.7 cm³/mol. The van der Waals surface area contributed by atoms with E-state index in [1.54, 1.807) is 0 Å². The quantitative estimate of drug-likeness (QED) is 0.501. The van der Waals surface area contributed by atoms with Crippen molar-refractivity contribution in [2.45, 2.75) is 19.3 Å². The molecule has 0 spiro atoms. The zero-order valence-electron chi connectivity index (χ0n) is 4.34. The fourth-order valence-electron chi connectivity index (χ4n) is 0.802. The summed E-state index contributed by atoms with van der Waals surface area (Å²) in [4.78, 5) is 0. The van der Waals surface area contributed by atoms with Crippen LogP contribution in [-0.4, -0.2) is 13.1 Å². The first-order valence-electron chi connectivity index (χ1n) is 2.71. The zero-order chi connectivity index (χ0) is 4.24. The molecule has 1 heterocycles. The van der Waals surface area contributed by atoms with Gasteiger partial charge in [-0.15, -0.1) is 0 Å². The molecule has 0 bridgehead atoms. The predicted octanol–water partition coefficient (Wildman–Crippen LogP) is 0.757. The Labute approximate surface area is 55.3 Å². The Morgan fingerprint density at radius 1 is 0.857 bits per heavy atom. The van der Waals surface area contributed by atoms with Gasteiger partial charge < -0.3 is 5.32 Å². The fourth-order valence-corrected chi connectivity index (χ4v) is 0.802. The third kappa shape index (κ3) is 3.10. The average Bonchev–Trinajstić information content (AvgIpc) is 1.72. The molecule has 0 aliphatic carbocycles. The summed E-state index contributed by atoms with van der Waals surface area (Å²) in [5, 5.41) is 3.28. The van der Waals surface area contributed by atoms with Gasteiger partial charge in [0.2, 0.25) is 0 Å². The molecular formula is C5H11CuN. The summed E-state index contributed by atoms with van der Waals surface area (Å²) in [6, 6.07) is 0. The Morgan fingerprint density at radius 3 is 1.57 bits per heavy atom. The molecule has 0 aromatic heterocycles. The Kier molecular flexibility index (Phi) is 4.95. The monoisotopic (exact) mass is 148 g/mol. The molecule has 2 heteroatoms. The topological polar surface area (TPSA) is 12.0 Å². The standard InChI is InChI=1S/C5H11N.Cu/c1-2-4-6-5-3-1;/h6H,1-5H2;. The van der Waals surface area contributed by atoms with Crippen molar-refractivity contribution in [2.24, 2.45) is 0 Å². The van der Waals surface area contributed by atoms with Crippen LogP contribution in [0, 0.1) is 0 Å². The summed E-state index contributed by atoms with van der Waals surface area (Å²) in [6.07, 6.45) is 4.22. The number of nitrogens with one attached hydrogen (secondary N) is 1. The van der Waals surface area contributed by atoms with E-state index in [4.69, 9.17) is 0 Å². The van der Waals surface area contributed by atoms with Crippen LogP contribution in [0.25, 0.3) is 0 Å². The van der Waals surface area contributed by atoms with Crippen LogP contribution in [0.15, 0.2) is 0 Å². The molecule has 47 valence electrons. The number of piperidine rings is 1. The van der Waals surface area contributed by atoms with E-state index >= 15 is 0 Å². The summed E-state index contributed by atoms with van der Waals surface area (Å²) >= 11 is 0. The van der Waals surface area contributed by atoms with E-state index in [2.05, 4.69) is 5.32 Å². The molecule has 0 saturated carbocycles. The molecular weight excluding hydrogens is 138 g/mol. The minimum atomic E-state index is 0. The molecule has 1 saturated heterocycles. The van der Waals surface area contributed by atoms with Gasteiger partial charge in [-0.05, 0) is 25.9 Å². The van der Waals surface area contributed by atoms with Crippen LogP contribution in [0.4, 0.5) is 0 Å². The molecule has 1 radical (unpaired) electrons. The SMILES string of the molecule is C1CCNCC1.[Cu]. The van der Waals surface area contributed by atoms with E-state index in [-0.39, 0.29) is 17.1 Å². The summed E-state index contributed by atoms with van der Waals surface area (Å²) < 4.78 is 0. The Balaban J connectivity index is 0.000000360. The second kappa shape index (κ2) is 4.63. The summed E-state index contributed by atoms with van der Waals surface area (Å²) in [5.41, 5.74) is 0. The molecule has 0 atom stereocenters. The van der Waals surface area contributed by atoms with E-state index < -0.39 is 0 Å². The third-order valence-corrected chi connectivity index (χ3v) is 1.21. The first-order valence-corrected chi connectivity index (χ1v) is 2.71. The molecule has 1 aliphatic rings. The molecule has 1 rings (SSSR count). The van der Waals surface area contributed by atoms with Gasteiger partial charge in [-0.2, -0.15) is 0 Å². The Morgan fingerprint density at radius 2 is 1.43 bits per heavy atom. The number of hydrogen-bond donors (Lipinski definition) is 1. The van der Waals surface area contributed by atoms with E-state index in [1.807, 2.05) is 0 Å². The minimum Gasteiger partial charge on any atom is -0.317 e. The second-order valence-corrected chi connectivity index (χ2v) is 1.81. The zero-order valence-corrected chi connectivity index (χ0v) is 5.28. The molecule has 1 nitrogen and oxygen atoms in total. The molecule has 1 N–H and O–H groups in total. The van der Waals surface area contributed by atoms with Gasteiger partial charge in [0.15, 0.2) is 0 Å². The smallest absolute Gasteiger partial charge is 0 e. The summed E-state index contributed by atoms with van der Waals surface area (Å²) in [5.74, 6) is 0. The van der Waals surface area contributed by atoms with Crippen molar-refractivity contribution >= 4 is 0 Å². The van der Waals surface area contributed by atoms with Crippen molar-refractivity contribution in [2.75, 3.05) is 13.1 Å². The maximum Gasteiger partial charge on any atom is 0 e. The van der Waals surface area contributed by atoms with Gasteiger partial charge in [-0.25, -0.2) is 0 Å². The molecule has 0 aromatic rings. The molecule has 7 heavy (non-hydrogen) atoms. The van der Waals surface area contributed by atoms with Gasteiger partial charge in [-0.1, -0.05) is 6.42 Å². The van der Waals surface area contributed by atoms with Crippen molar-refractivity contribution in [3.63, 3.8) is 0 Å². The average molecular weight is 149 g/mol. The van der Waals surface area contributed by atoms with Crippen molar-refractivity contribution < 1.29 is 17.1 Å². The molecule has 0 unspecified atom stereocenters. The summed E-state index contributed by atoms with van der Waals surface area (Å²) in [7, 11) is 0. The van der Waals surface area contributed by atoms with Crippen molar-refractivity contribution in [1.82, 2.24) is 5.32 Å². The van der Waals surface area contributed by atoms with Gasteiger partial charge in [-0.3, -0.25) is 0 Å². The van der Waals surface area contributed by atoms with Gasteiger partial charge in [0.1, 0.15) is 0 Å². The van der Waals surface area contributed by atoms with E-state index in [0.717, 1.165) is 0 Å². The van der Waals surface area contributed by atoms with Crippen LogP contribution in [0.1, 0.15) is 19.3 Å². The molecule has 0 aromatic carbocycles. The third-order valence-electron chi connectivity index (χ3n) is 1.21. The van der Waals surface area contributed by atoms with Crippen LogP contribution in [0.5, 0.6) is 0 Å².